The Morgan fingerprint density at radius 2 is 1.95 bits per heavy atom. The zero-order valence-electron chi connectivity index (χ0n) is 13.1. The Bertz CT molecular complexity index is 442. The Labute approximate surface area is 122 Å². The highest BCUT2D eigenvalue weighted by atomic mass is 16.5. The van der Waals surface area contributed by atoms with Crippen molar-refractivity contribution >= 4 is 0 Å². The number of methoxy groups -OCH3 is 1. The zero-order valence-corrected chi connectivity index (χ0v) is 13.1. The van der Waals surface area contributed by atoms with Crippen LogP contribution in [0.15, 0.2) is 12.4 Å². The van der Waals surface area contributed by atoms with Crippen molar-refractivity contribution in [2.75, 3.05) is 13.7 Å². The summed E-state index contributed by atoms with van der Waals surface area (Å²) in [6.07, 6.45) is 6.99. The van der Waals surface area contributed by atoms with Gasteiger partial charge in [0.15, 0.2) is 0 Å². The van der Waals surface area contributed by atoms with Crippen LogP contribution in [0.1, 0.15) is 51.6 Å². The number of aromatic nitrogens is 2. The molecule has 1 fully saturated rings. The van der Waals surface area contributed by atoms with E-state index >= 15 is 0 Å². The lowest BCUT2D eigenvalue weighted by molar-refractivity contribution is 0.130. The van der Waals surface area contributed by atoms with Crippen molar-refractivity contribution in [2.45, 2.75) is 46.0 Å². The van der Waals surface area contributed by atoms with Gasteiger partial charge in [0, 0.05) is 18.3 Å². The summed E-state index contributed by atoms with van der Waals surface area (Å²) in [5.41, 5.74) is 7.30. The molecule has 1 saturated carbocycles. The average Bonchev–Trinajstić information content (AvgIpc) is 2.45. The molecular weight excluding hydrogens is 250 g/mol. The number of ether oxygens (including phenoxy) is 1. The highest BCUT2D eigenvalue weighted by Crippen LogP contribution is 2.47. The zero-order chi connectivity index (χ0) is 14.8. The van der Waals surface area contributed by atoms with Crippen LogP contribution in [0, 0.1) is 17.3 Å². The van der Waals surface area contributed by atoms with Gasteiger partial charge in [-0.15, -0.1) is 0 Å². The molecule has 2 rings (SSSR count). The van der Waals surface area contributed by atoms with Gasteiger partial charge in [0.05, 0.1) is 7.11 Å². The summed E-state index contributed by atoms with van der Waals surface area (Å²) in [6, 6.07) is 0. The average molecular weight is 277 g/mol. The molecule has 3 atom stereocenters. The summed E-state index contributed by atoms with van der Waals surface area (Å²) in [4.78, 5) is 8.85. The van der Waals surface area contributed by atoms with E-state index in [0.717, 1.165) is 12.1 Å². The highest BCUT2D eigenvalue weighted by Gasteiger charge is 2.38. The lowest BCUT2D eigenvalue weighted by Crippen LogP contribution is -2.34. The van der Waals surface area contributed by atoms with Gasteiger partial charge in [-0.05, 0) is 43.1 Å². The molecule has 1 heterocycles. The molecule has 1 aliphatic carbocycles. The molecule has 20 heavy (non-hydrogen) atoms. The van der Waals surface area contributed by atoms with Crippen molar-refractivity contribution in [1.82, 2.24) is 9.97 Å². The minimum absolute atomic E-state index is 0.327. The van der Waals surface area contributed by atoms with Gasteiger partial charge in [0.2, 0.25) is 5.88 Å². The molecule has 0 saturated heterocycles. The number of nitrogens with two attached hydrogens (primary N) is 1. The molecule has 3 unspecified atom stereocenters. The fourth-order valence-electron chi connectivity index (χ4n) is 3.38. The first-order valence-corrected chi connectivity index (χ1v) is 7.52. The van der Waals surface area contributed by atoms with Gasteiger partial charge in [-0.1, -0.05) is 20.8 Å². The van der Waals surface area contributed by atoms with Gasteiger partial charge >= 0.3 is 0 Å². The van der Waals surface area contributed by atoms with Crippen molar-refractivity contribution in [2.24, 2.45) is 23.0 Å². The van der Waals surface area contributed by atoms with E-state index in [1.165, 1.54) is 12.8 Å². The maximum absolute atomic E-state index is 5.99. The van der Waals surface area contributed by atoms with E-state index in [0.29, 0.717) is 35.6 Å². The first kappa shape index (κ1) is 15.2. The molecular formula is C16H27N3O. The van der Waals surface area contributed by atoms with Crippen molar-refractivity contribution in [3.05, 3.63) is 18.1 Å². The monoisotopic (exact) mass is 277 g/mol. The molecule has 1 aliphatic rings. The predicted molar refractivity (Wildman–Crippen MR) is 80.7 cm³/mol. The van der Waals surface area contributed by atoms with Crippen LogP contribution in [-0.4, -0.2) is 23.6 Å². The molecule has 1 aromatic rings. The first-order valence-electron chi connectivity index (χ1n) is 7.52. The standard InChI is InChI=1S/C16H27N3O/c1-16(2,3)12-6-5-11(10-17)13(9-12)14-15(20-4)19-8-7-18-14/h7-8,11-13H,5-6,9-10,17H2,1-4H3. The molecule has 0 bridgehead atoms. The molecule has 4 heteroatoms. The maximum Gasteiger partial charge on any atom is 0.235 e. The Balaban J connectivity index is 2.29. The maximum atomic E-state index is 5.99. The second-order valence-electron chi connectivity index (χ2n) is 6.93. The van der Waals surface area contributed by atoms with Gasteiger partial charge in [0.25, 0.3) is 0 Å². The van der Waals surface area contributed by atoms with Crippen LogP contribution < -0.4 is 10.5 Å². The molecule has 2 N–H and O–H groups in total. The summed E-state index contributed by atoms with van der Waals surface area (Å²) >= 11 is 0. The fraction of sp³-hybridized carbons (Fsp3) is 0.750. The van der Waals surface area contributed by atoms with Crippen LogP contribution in [0.5, 0.6) is 5.88 Å². The summed E-state index contributed by atoms with van der Waals surface area (Å²) < 4.78 is 5.40. The number of hydrogen-bond acceptors (Lipinski definition) is 4. The molecule has 112 valence electrons. The number of rotatable bonds is 3. The molecule has 4 nitrogen and oxygen atoms in total. The van der Waals surface area contributed by atoms with Crippen LogP contribution in [0.25, 0.3) is 0 Å². The normalized spacial score (nSPS) is 27.4. The Hall–Kier alpha value is -1.16. The minimum Gasteiger partial charge on any atom is -0.480 e. The Morgan fingerprint density at radius 1 is 1.25 bits per heavy atom. The SMILES string of the molecule is COc1nccnc1C1CC(C(C)(C)C)CCC1CN. The predicted octanol–water partition coefficient (Wildman–Crippen LogP) is 2.99. The van der Waals surface area contributed by atoms with Gasteiger partial charge in [-0.25, -0.2) is 4.98 Å². The number of nitrogens with zero attached hydrogens (tertiary/aromatic N) is 2. The van der Waals surface area contributed by atoms with E-state index in [1.807, 2.05) is 0 Å². The third kappa shape index (κ3) is 3.11. The van der Waals surface area contributed by atoms with Crippen LogP contribution in [0.4, 0.5) is 0 Å². The fourth-order valence-corrected chi connectivity index (χ4v) is 3.38. The van der Waals surface area contributed by atoms with E-state index < -0.39 is 0 Å². The third-order valence-electron chi connectivity index (χ3n) is 4.76. The smallest absolute Gasteiger partial charge is 0.235 e. The summed E-state index contributed by atoms with van der Waals surface area (Å²) in [6.45, 7) is 7.68. The van der Waals surface area contributed by atoms with Crippen molar-refractivity contribution in [3.8, 4) is 5.88 Å². The number of hydrogen-bond donors (Lipinski definition) is 1. The van der Waals surface area contributed by atoms with Gasteiger partial charge in [-0.3, -0.25) is 4.98 Å². The third-order valence-corrected chi connectivity index (χ3v) is 4.76. The van der Waals surface area contributed by atoms with E-state index in [2.05, 4.69) is 30.7 Å². The molecule has 0 aromatic carbocycles. The quantitative estimate of drug-likeness (QED) is 0.922. The first-order chi connectivity index (χ1) is 9.47. The van der Waals surface area contributed by atoms with Crippen LogP contribution in [0.3, 0.4) is 0 Å². The van der Waals surface area contributed by atoms with E-state index in [4.69, 9.17) is 10.5 Å². The summed E-state index contributed by atoms with van der Waals surface area (Å²) in [5, 5.41) is 0. The second kappa shape index (κ2) is 6.08. The van der Waals surface area contributed by atoms with Crippen molar-refractivity contribution in [1.29, 1.82) is 0 Å². The Kier molecular flexibility index (Phi) is 4.63. The van der Waals surface area contributed by atoms with E-state index in [1.54, 1.807) is 19.5 Å². The molecule has 0 aliphatic heterocycles. The molecule has 1 aromatic heterocycles. The van der Waals surface area contributed by atoms with E-state index in [9.17, 15) is 0 Å². The van der Waals surface area contributed by atoms with Gasteiger partial charge in [0.1, 0.15) is 5.69 Å². The summed E-state index contributed by atoms with van der Waals surface area (Å²) in [7, 11) is 1.66. The van der Waals surface area contributed by atoms with Crippen LogP contribution >= 0.6 is 0 Å². The van der Waals surface area contributed by atoms with Crippen molar-refractivity contribution in [3.63, 3.8) is 0 Å². The van der Waals surface area contributed by atoms with E-state index in [-0.39, 0.29) is 0 Å². The highest BCUT2D eigenvalue weighted by molar-refractivity contribution is 5.23. The van der Waals surface area contributed by atoms with Crippen LogP contribution in [-0.2, 0) is 0 Å². The van der Waals surface area contributed by atoms with Gasteiger partial charge in [-0.2, -0.15) is 0 Å². The minimum atomic E-state index is 0.327. The summed E-state index contributed by atoms with van der Waals surface area (Å²) in [5.74, 6) is 2.20. The molecule has 0 radical (unpaired) electrons. The molecule has 0 amide bonds. The topological polar surface area (TPSA) is 61.0 Å². The molecule has 0 spiro atoms. The second-order valence-corrected chi connectivity index (χ2v) is 6.93. The Morgan fingerprint density at radius 3 is 2.55 bits per heavy atom. The lowest BCUT2D eigenvalue weighted by Gasteiger charge is -2.41. The van der Waals surface area contributed by atoms with Gasteiger partial charge < -0.3 is 10.5 Å². The van der Waals surface area contributed by atoms with Crippen molar-refractivity contribution < 1.29 is 4.74 Å². The lowest BCUT2D eigenvalue weighted by atomic mass is 9.65. The largest absolute Gasteiger partial charge is 0.480 e. The van der Waals surface area contributed by atoms with Crippen LogP contribution in [0.2, 0.25) is 0 Å².